The fourth-order valence-electron chi connectivity index (χ4n) is 5.90. The average molecular weight is 407 g/mol. The normalized spacial score (nSPS) is 27.5. The Morgan fingerprint density at radius 1 is 0.704 bits per heavy atom. The van der Waals surface area contributed by atoms with Crippen molar-refractivity contribution in [2.75, 3.05) is 0 Å². The monoisotopic (exact) mass is 406 g/mol. The van der Waals surface area contributed by atoms with Crippen LogP contribution in [-0.4, -0.2) is 22.3 Å². The molecule has 2 unspecified atom stereocenters. The van der Waals surface area contributed by atoms with Crippen molar-refractivity contribution < 1.29 is 0 Å². The van der Waals surface area contributed by atoms with Crippen molar-refractivity contribution in [3.63, 3.8) is 0 Å². The second-order valence-electron chi connectivity index (χ2n) is 8.71. The number of benzene rings is 2. The van der Waals surface area contributed by atoms with Gasteiger partial charge in [0.05, 0.1) is 15.2 Å². The van der Waals surface area contributed by atoms with Crippen LogP contribution in [0.5, 0.6) is 0 Å². The highest BCUT2D eigenvalue weighted by Crippen LogP contribution is 2.43. The maximum absolute atomic E-state index is 4.24. The highest BCUT2D eigenvalue weighted by Gasteiger charge is 2.61. The summed E-state index contributed by atoms with van der Waals surface area (Å²) in [7, 11) is -4.90. The van der Waals surface area contributed by atoms with Crippen LogP contribution in [0.1, 0.15) is 12.8 Å². The Balaban J connectivity index is 2.29. The van der Waals surface area contributed by atoms with Gasteiger partial charge in [-0.25, -0.2) is 0 Å². The third-order valence-electron chi connectivity index (χ3n) is 7.49. The first-order valence-corrected chi connectivity index (χ1v) is 20.2. The van der Waals surface area contributed by atoms with E-state index in [-0.39, 0.29) is 0 Å². The van der Waals surface area contributed by atoms with Crippen LogP contribution >= 0.6 is 0 Å². The molecule has 2 atom stereocenters. The van der Waals surface area contributed by atoms with Crippen LogP contribution < -0.4 is 10.4 Å². The molecule has 142 valence electrons. The minimum Gasteiger partial charge on any atom is -0.103 e. The lowest BCUT2D eigenvalue weighted by Gasteiger charge is -2.53. The summed E-state index contributed by atoms with van der Waals surface area (Å²) < 4.78 is 0. The van der Waals surface area contributed by atoms with Gasteiger partial charge in [-0.1, -0.05) is 121 Å². The molecule has 2 aromatic carbocycles. The molecule has 1 aliphatic heterocycles. The van der Waals surface area contributed by atoms with Crippen LogP contribution in [0.3, 0.4) is 0 Å². The Kier molecular flexibility index (Phi) is 6.24. The van der Waals surface area contributed by atoms with Gasteiger partial charge in [0.15, 0.2) is 0 Å². The predicted molar refractivity (Wildman–Crippen MR) is 130 cm³/mol. The zero-order valence-corrected chi connectivity index (χ0v) is 20.1. The molecule has 1 fully saturated rings. The Morgan fingerprint density at radius 2 is 1.07 bits per heavy atom. The lowest BCUT2D eigenvalue weighted by atomic mass is 10.4. The smallest absolute Gasteiger partial charge is 0.0813 e. The van der Waals surface area contributed by atoms with Crippen LogP contribution in [0.15, 0.2) is 86.0 Å². The van der Waals surface area contributed by atoms with E-state index >= 15 is 0 Å². The van der Waals surface area contributed by atoms with E-state index in [0.29, 0.717) is 0 Å². The van der Waals surface area contributed by atoms with Crippen LogP contribution in [-0.2, 0) is 0 Å². The Bertz CT molecular complexity index is 703. The summed E-state index contributed by atoms with van der Waals surface area (Å²) in [5.74, 6) is 0. The summed E-state index contributed by atoms with van der Waals surface area (Å²) in [5.41, 5.74) is 0. The van der Waals surface area contributed by atoms with Crippen molar-refractivity contribution >= 4 is 32.7 Å². The third-order valence-corrected chi connectivity index (χ3v) is 47.0. The fourth-order valence-corrected chi connectivity index (χ4v) is 48.1. The second-order valence-corrected chi connectivity index (χ2v) is 34.0. The van der Waals surface area contributed by atoms with Gasteiger partial charge in [-0.3, -0.25) is 0 Å². The van der Waals surface area contributed by atoms with E-state index in [4.69, 9.17) is 0 Å². The van der Waals surface area contributed by atoms with Crippen molar-refractivity contribution in [2.45, 2.75) is 50.1 Å². The highest BCUT2D eigenvalue weighted by molar-refractivity contribution is 7.74. The van der Waals surface area contributed by atoms with Gasteiger partial charge in [0.1, 0.15) is 0 Å². The molecule has 0 nitrogen and oxygen atoms in total. The molecule has 1 saturated heterocycles. The summed E-state index contributed by atoms with van der Waals surface area (Å²) in [6, 6.07) is 28.6. The zero-order chi connectivity index (χ0) is 19.4. The molecule has 0 spiro atoms. The number of hydrogen-bond acceptors (Lipinski definition) is 0. The number of hydrogen-bond donors (Lipinski definition) is 0. The maximum atomic E-state index is 4.24. The Hall–Kier alpha value is -1.43. The summed E-state index contributed by atoms with van der Waals surface area (Å²) in [6.45, 7) is 14.0. The third kappa shape index (κ3) is 3.30. The van der Waals surface area contributed by atoms with E-state index in [2.05, 4.69) is 99.1 Å². The van der Waals surface area contributed by atoms with Gasteiger partial charge in [0.2, 0.25) is 0 Å². The summed E-state index contributed by atoms with van der Waals surface area (Å²) in [6.07, 6.45) is 7.31. The molecule has 0 radical (unpaired) electrons. The van der Waals surface area contributed by atoms with Gasteiger partial charge in [-0.05, 0) is 12.1 Å². The zero-order valence-electron chi connectivity index (χ0n) is 17.1. The number of allylic oxidation sites excluding steroid dienone is 2. The van der Waals surface area contributed by atoms with Gasteiger partial charge in [-0.15, -0.1) is 13.2 Å². The largest absolute Gasteiger partial charge is 0.103 e. The minimum absolute atomic E-state index is 1.25. The summed E-state index contributed by atoms with van der Waals surface area (Å²) in [4.78, 5) is 0. The van der Waals surface area contributed by atoms with Crippen molar-refractivity contribution in [3.05, 3.63) is 86.0 Å². The predicted octanol–water partition coefficient (Wildman–Crippen LogP) is 5.73. The molecule has 3 rings (SSSR count). The maximum Gasteiger partial charge on any atom is 0.0813 e. The molecule has 1 heterocycles. The lowest BCUT2D eigenvalue weighted by Crippen LogP contribution is -2.81. The molecular weight excluding hydrogens is 373 g/mol. The van der Waals surface area contributed by atoms with Crippen molar-refractivity contribution in [1.29, 1.82) is 0 Å². The van der Waals surface area contributed by atoms with Gasteiger partial charge in [0.25, 0.3) is 0 Å². The van der Waals surface area contributed by atoms with Crippen LogP contribution in [0, 0.1) is 0 Å². The molecule has 0 aromatic heterocycles. The van der Waals surface area contributed by atoms with E-state index in [9.17, 15) is 0 Å². The van der Waals surface area contributed by atoms with Crippen molar-refractivity contribution in [2.24, 2.45) is 0 Å². The molecule has 0 amide bonds. The van der Waals surface area contributed by atoms with Gasteiger partial charge in [-0.2, -0.15) is 0 Å². The molecule has 1 aliphatic rings. The standard InChI is InChI=1S/C24H34Si3/c1-5-19-26(23-15-9-7-10-16-23)21-13-14-22-27(20-6-2,25(26,3)4)24-17-11-8-12-18-24/h5-12,15-18H,1-2,13-14,19-22H2,3-4H3. The minimum atomic E-state index is -1.66. The van der Waals surface area contributed by atoms with E-state index in [1.807, 2.05) is 0 Å². The van der Waals surface area contributed by atoms with Crippen LogP contribution in [0.4, 0.5) is 0 Å². The van der Waals surface area contributed by atoms with E-state index < -0.39 is 22.3 Å². The topological polar surface area (TPSA) is 0 Å². The average Bonchev–Trinajstić information content (AvgIpc) is 2.80. The molecule has 27 heavy (non-hydrogen) atoms. The quantitative estimate of drug-likeness (QED) is 0.424. The SMILES string of the molecule is C=CC[Si]1(c2ccccc2)CCCC[Si](CC=C)(c2ccccc2)[Si]1(C)C. The van der Waals surface area contributed by atoms with Crippen molar-refractivity contribution in [3.8, 4) is 0 Å². The number of rotatable bonds is 6. The first kappa shape index (κ1) is 20.3. The first-order chi connectivity index (χ1) is 13.0. The lowest BCUT2D eigenvalue weighted by molar-refractivity contribution is 0.865. The summed E-state index contributed by atoms with van der Waals surface area (Å²) in [5, 5.41) is 3.39. The first-order valence-electron chi connectivity index (χ1n) is 10.4. The molecule has 2 aromatic rings. The van der Waals surface area contributed by atoms with E-state index in [1.54, 1.807) is 10.4 Å². The molecule has 0 N–H and O–H groups in total. The second kappa shape index (κ2) is 8.29. The Morgan fingerprint density at radius 3 is 1.41 bits per heavy atom. The van der Waals surface area contributed by atoms with Crippen LogP contribution in [0.25, 0.3) is 0 Å². The van der Waals surface area contributed by atoms with Crippen molar-refractivity contribution in [1.82, 2.24) is 0 Å². The van der Waals surface area contributed by atoms with E-state index in [0.717, 1.165) is 0 Å². The molecule has 0 saturated carbocycles. The summed E-state index contributed by atoms with van der Waals surface area (Å²) >= 11 is 0. The highest BCUT2D eigenvalue weighted by atomic mass is 29.6. The molecule has 0 aliphatic carbocycles. The van der Waals surface area contributed by atoms with Crippen LogP contribution in [0.2, 0.25) is 37.3 Å². The van der Waals surface area contributed by atoms with Gasteiger partial charge < -0.3 is 0 Å². The van der Waals surface area contributed by atoms with Gasteiger partial charge in [0, 0.05) is 7.11 Å². The fraction of sp³-hybridized carbons (Fsp3) is 0.333. The molecule has 0 bridgehead atoms. The van der Waals surface area contributed by atoms with E-state index in [1.165, 1.54) is 37.0 Å². The molecular formula is C24H34Si3. The van der Waals surface area contributed by atoms with Gasteiger partial charge >= 0.3 is 0 Å². The Labute approximate surface area is 168 Å². The molecule has 3 heteroatoms.